The number of likely N-dealkylation sites (N-methyl/N-ethyl adjacent to an activating group) is 1. The molecule has 2 aliphatic heterocycles. The summed E-state index contributed by atoms with van der Waals surface area (Å²) in [5, 5.41) is 3.60. The van der Waals surface area contributed by atoms with Gasteiger partial charge in [0.15, 0.2) is 0 Å². The third kappa shape index (κ3) is 3.15. The highest BCUT2D eigenvalue weighted by Gasteiger charge is 2.25. The molecule has 3 heteroatoms. The SMILES string of the molecule is CC1CN(C)CCCN1CC1CNc2ccccc2C1. The number of hydrogen-bond acceptors (Lipinski definition) is 3. The molecular formula is C17H27N3. The topological polar surface area (TPSA) is 18.5 Å². The molecule has 1 aromatic carbocycles. The Hall–Kier alpha value is -1.06. The Kier molecular flexibility index (Phi) is 4.27. The molecule has 0 aliphatic carbocycles. The molecule has 0 bridgehead atoms. The van der Waals surface area contributed by atoms with E-state index in [9.17, 15) is 0 Å². The third-order valence-electron chi connectivity index (χ3n) is 4.78. The van der Waals surface area contributed by atoms with E-state index in [4.69, 9.17) is 0 Å². The first-order valence-electron chi connectivity index (χ1n) is 7.97. The summed E-state index contributed by atoms with van der Waals surface area (Å²) in [6, 6.07) is 9.44. The molecule has 0 aromatic heterocycles. The van der Waals surface area contributed by atoms with Crippen LogP contribution < -0.4 is 5.32 Å². The van der Waals surface area contributed by atoms with Gasteiger partial charge in [-0.15, -0.1) is 0 Å². The number of rotatable bonds is 2. The van der Waals surface area contributed by atoms with Crippen LogP contribution in [0.2, 0.25) is 0 Å². The van der Waals surface area contributed by atoms with Crippen LogP contribution in [0.15, 0.2) is 24.3 Å². The molecule has 0 spiro atoms. The highest BCUT2D eigenvalue weighted by atomic mass is 15.2. The molecule has 0 saturated carbocycles. The average Bonchev–Trinajstić information content (AvgIpc) is 2.60. The molecule has 1 N–H and O–H groups in total. The minimum Gasteiger partial charge on any atom is -0.384 e. The first kappa shape index (κ1) is 13.9. The van der Waals surface area contributed by atoms with Crippen LogP contribution in [0.1, 0.15) is 18.9 Å². The first-order valence-corrected chi connectivity index (χ1v) is 7.97. The van der Waals surface area contributed by atoms with Crippen molar-refractivity contribution in [1.82, 2.24) is 9.80 Å². The zero-order valence-electron chi connectivity index (χ0n) is 12.8. The molecule has 2 aliphatic rings. The second kappa shape index (κ2) is 6.15. The lowest BCUT2D eigenvalue weighted by Crippen LogP contribution is -2.43. The summed E-state index contributed by atoms with van der Waals surface area (Å²) in [4.78, 5) is 5.17. The van der Waals surface area contributed by atoms with Gasteiger partial charge < -0.3 is 10.2 Å². The van der Waals surface area contributed by atoms with E-state index in [2.05, 4.69) is 53.4 Å². The Bertz CT molecular complexity index is 446. The van der Waals surface area contributed by atoms with Crippen molar-refractivity contribution in [3.8, 4) is 0 Å². The van der Waals surface area contributed by atoms with Crippen molar-refractivity contribution < 1.29 is 0 Å². The Balaban J connectivity index is 1.61. The lowest BCUT2D eigenvalue weighted by atomic mass is 9.93. The predicted octanol–water partition coefficient (Wildman–Crippen LogP) is 2.30. The molecular weight excluding hydrogens is 246 g/mol. The van der Waals surface area contributed by atoms with Crippen LogP contribution in [0.5, 0.6) is 0 Å². The molecule has 1 saturated heterocycles. The number of fused-ring (bicyclic) bond motifs is 1. The van der Waals surface area contributed by atoms with Gasteiger partial charge in [-0.1, -0.05) is 18.2 Å². The fourth-order valence-corrected chi connectivity index (χ4v) is 3.66. The predicted molar refractivity (Wildman–Crippen MR) is 85.3 cm³/mol. The van der Waals surface area contributed by atoms with Crippen molar-refractivity contribution in [2.75, 3.05) is 45.1 Å². The van der Waals surface area contributed by atoms with E-state index < -0.39 is 0 Å². The van der Waals surface area contributed by atoms with Crippen LogP contribution in [-0.2, 0) is 6.42 Å². The van der Waals surface area contributed by atoms with Gasteiger partial charge in [-0.2, -0.15) is 0 Å². The number of para-hydroxylation sites is 1. The number of benzene rings is 1. The Morgan fingerprint density at radius 2 is 2.10 bits per heavy atom. The van der Waals surface area contributed by atoms with Crippen LogP contribution in [0, 0.1) is 5.92 Å². The van der Waals surface area contributed by atoms with Crippen LogP contribution in [-0.4, -0.2) is 55.6 Å². The van der Waals surface area contributed by atoms with Gasteiger partial charge in [0.25, 0.3) is 0 Å². The minimum absolute atomic E-state index is 0.680. The smallest absolute Gasteiger partial charge is 0.0372 e. The molecule has 3 rings (SSSR count). The quantitative estimate of drug-likeness (QED) is 0.892. The van der Waals surface area contributed by atoms with E-state index in [0.29, 0.717) is 6.04 Å². The third-order valence-corrected chi connectivity index (χ3v) is 4.78. The summed E-state index contributed by atoms with van der Waals surface area (Å²) in [5.74, 6) is 0.746. The van der Waals surface area contributed by atoms with Crippen molar-refractivity contribution in [1.29, 1.82) is 0 Å². The van der Waals surface area contributed by atoms with E-state index in [1.165, 1.54) is 50.3 Å². The number of nitrogens with one attached hydrogen (secondary N) is 1. The summed E-state index contributed by atoms with van der Waals surface area (Å²) >= 11 is 0. The van der Waals surface area contributed by atoms with Crippen LogP contribution in [0.4, 0.5) is 5.69 Å². The van der Waals surface area contributed by atoms with Gasteiger partial charge in [-0.3, -0.25) is 4.90 Å². The van der Waals surface area contributed by atoms with Gasteiger partial charge in [0.05, 0.1) is 0 Å². The molecule has 1 aromatic rings. The summed E-state index contributed by atoms with van der Waals surface area (Å²) in [6.07, 6.45) is 2.53. The van der Waals surface area contributed by atoms with Gasteiger partial charge in [0.1, 0.15) is 0 Å². The first-order chi connectivity index (χ1) is 9.72. The standard InChI is InChI=1S/C17H27N3/c1-14-12-19(2)8-5-9-20(14)13-15-10-16-6-3-4-7-17(16)18-11-15/h3-4,6-7,14-15,18H,5,8-13H2,1-2H3. The highest BCUT2D eigenvalue weighted by Crippen LogP contribution is 2.25. The minimum atomic E-state index is 0.680. The monoisotopic (exact) mass is 273 g/mol. The van der Waals surface area contributed by atoms with Crippen LogP contribution >= 0.6 is 0 Å². The average molecular weight is 273 g/mol. The van der Waals surface area contributed by atoms with Crippen molar-refractivity contribution in [2.45, 2.75) is 25.8 Å². The van der Waals surface area contributed by atoms with Crippen molar-refractivity contribution in [3.63, 3.8) is 0 Å². The van der Waals surface area contributed by atoms with Gasteiger partial charge in [-0.05, 0) is 57.5 Å². The van der Waals surface area contributed by atoms with E-state index in [-0.39, 0.29) is 0 Å². The summed E-state index contributed by atoms with van der Waals surface area (Å²) in [7, 11) is 2.25. The fraction of sp³-hybridized carbons (Fsp3) is 0.647. The molecule has 20 heavy (non-hydrogen) atoms. The molecule has 0 amide bonds. The molecule has 3 nitrogen and oxygen atoms in total. The number of anilines is 1. The largest absolute Gasteiger partial charge is 0.384 e. The summed E-state index contributed by atoms with van der Waals surface area (Å²) < 4.78 is 0. The Morgan fingerprint density at radius 3 is 3.00 bits per heavy atom. The molecule has 110 valence electrons. The van der Waals surface area contributed by atoms with Gasteiger partial charge in [0.2, 0.25) is 0 Å². The zero-order valence-corrected chi connectivity index (χ0v) is 12.8. The molecule has 1 fully saturated rings. The molecule has 2 unspecified atom stereocenters. The van der Waals surface area contributed by atoms with Crippen LogP contribution in [0.3, 0.4) is 0 Å². The highest BCUT2D eigenvalue weighted by molar-refractivity contribution is 5.53. The number of nitrogens with zero attached hydrogens (tertiary/aromatic N) is 2. The normalized spacial score (nSPS) is 28.5. The molecule has 2 heterocycles. The maximum atomic E-state index is 3.60. The Labute approximate surface area is 123 Å². The second-order valence-electron chi connectivity index (χ2n) is 6.57. The summed E-state index contributed by atoms with van der Waals surface area (Å²) in [5.41, 5.74) is 2.83. The van der Waals surface area contributed by atoms with E-state index in [1.54, 1.807) is 0 Å². The van der Waals surface area contributed by atoms with Crippen molar-refractivity contribution >= 4 is 5.69 Å². The lowest BCUT2D eigenvalue weighted by Gasteiger charge is -2.34. The van der Waals surface area contributed by atoms with E-state index in [0.717, 1.165) is 12.5 Å². The Morgan fingerprint density at radius 1 is 1.25 bits per heavy atom. The van der Waals surface area contributed by atoms with Crippen molar-refractivity contribution in [3.05, 3.63) is 29.8 Å². The van der Waals surface area contributed by atoms with E-state index >= 15 is 0 Å². The lowest BCUT2D eigenvalue weighted by molar-refractivity contribution is 0.175. The van der Waals surface area contributed by atoms with Crippen molar-refractivity contribution in [2.24, 2.45) is 5.92 Å². The molecule has 2 atom stereocenters. The van der Waals surface area contributed by atoms with Crippen LogP contribution in [0.25, 0.3) is 0 Å². The number of hydrogen-bond donors (Lipinski definition) is 1. The van der Waals surface area contributed by atoms with E-state index in [1.807, 2.05) is 0 Å². The summed E-state index contributed by atoms with van der Waals surface area (Å²) in [6.45, 7) is 8.44. The second-order valence-corrected chi connectivity index (χ2v) is 6.57. The maximum Gasteiger partial charge on any atom is 0.0372 e. The maximum absolute atomic E-state index is 3.60. The van der Waals surface area contributed by atoms with Gasteiger partial charge >= 0.3 is 0 Å². The zero-order chi connectivity index (χ0) is 13.9. The molecule has 0 radical (unpaired) electrons. The van der Waals surface area contributed by atoms with Gasteiger partial charge in [0, 0.05) is 31.4 Å². The fourth-order valence-electron chi connectivity index (χ4n) is 3.66. The van der Waals surface area contributed by atoms with Gasteiger partial charge in [-0.25, -0.2) is 0 Å².